The van der Waals surface area contributed by atoms with Crippen molar-refractivity contribution in [2.45, 2.75) is 97.2 Å². The molecule has 0 aliphatic heterocycles. The van der Waals surface area contributed by atoms with Crippen LogP contribution in [0.25, 0.3) is 0 Å². The summed E-state index contributed by atoms with van der Waals surface area (Å²) in [7, 11) is 0. The molecule has 2 rings (SSSR count). The second-order valence-electron chi connectivity index (χ2n) is 10.7. The average Bonchev–Trinajstić information content (AvgIpc) is 3.38. The molecule has 3 atom stereocenters. The smallest absolute Gasteiger partial charge is 0.223 e. The lowest BCUT2D eigenvalue weighted by Gasteiger charge is -2.41. The van der Waals surface area contributed by atoms with Gasteiger partial charge in [0, 0.05) is 11.4 Å². The fourth-order valence-corrected chi connectivity index (χ4v) is 4.10. The molecule has 0 spiro atoms. The van der Waals surface area contributed by atoms with Crippen molar-refractivity contribution < 1.29 is 14.3 Å². The molecule has 0 aromatic rings. The van der Waals surface area contributed by atoms with E-state index in [1.807, 2.05) is 41.5 Å². The predicted octanol–water partition coefficient (Wildman–Crippen LogP) is 2.85. The molecule has 1 fully saturated rings. The number of rotatable bonds is 10. The number of allylic oxidation sites excluding steroid dienone is 2. The summed E-state index contributed by atoms with van der Waals surface area (Å²) >= 11 is 0. The van der Waals surface area contributed by atoms with Crippen LogP contribution in [0.5, 0.6) is 0 Å². The van der Waals surface area contributed by atoms with Gasteiger partial charge < -0.3 is 25.6 Å². The minimum atomic E-state index is -0.686. The van der Waals surface area contributed by atoms with E-state index in [2.05, 4.69) is 5.32 Å². The molecule has 7 nitrogen and oxygen atoms in total. The maximum atomic E-state index is 12.4. The molecule has 0 saturated heterocycles. The summed E-state index contributed by atoms with van der Waals surface area (Å²) in [6.45, 7) is 12.0. The third-order valence-electron chi connectivity index (χ3n) is 6.51. The molecule has 172 valence electrons. The normalized spacial score (nSPS) is 25.7. The zero-order chi connectivity index (χ0) is 22.7. The average molecular weight is 423 g/mol. The maximum Gasteiger partial charge on any atom is 0.223 e. The van der Waals surface area contributed by atoms with Crippen molar-refractivity contribution in [3.8, 4) is 0 Å². The number of fused-ring (bicyclic) bond motifs is 1. The fraction of sp³-hybridized carbons (Fsp3) is 0.826. The molecule has 30 heavy (non-hydrogen) atoms. The van der Waals surface area contributed by atoms with Gasteiger partial charge in [0.2, 0.25) is 5.91 Å². The number of ether oxygens (including phenoxy) is 1. The number of nitrogens with one attached hydrogen (secondary N) is 1. The predicted molar refractivity (Wildman–Crippen MR) is 119 cm³/mol. The first-order valence-corrected chi connectivity index (χ1v) is 11.3. The highest BCUT2D eigenvalue weighted by atomic mass is 16.5. The Kier molecular flexibility index (Phi) is 7.97. The second-order valence-corrected chi connectivity index (χ2v) is 10.7. The largest absolute Gasteiger partial charge is 0.401 e. The number of amides is 1. The quantitative estimate of drug-likeness (QED) is 0.284. The molecule has 0 aromatic heterocycles. The molecule has 3 unspecified atom stereocenters. The Hall–Kier alpha value is -1.60. The van der Waals surface area contributed by atoms with Crippen LogP contribution in [0.15, 0.2) is 11.4 Å². The molecule has 2 aliphatic carbocycles. The lowest BCUT2D eigenvalue weighted by Crippen LogP contribution is -2.53. The van der Waals surface area contributed by atoms with E-state index in [1.165, 1.54) is 6.42 Å². The van der Waals surface area contributed by atoms with Crippen molar-refractivity contribution in [2.24, 2.45) is 29.3 Å². The van der Waals surface area contributed by atoms with Gasteiger partial charge in [-0.2, -0.15) is 0 Å². The molecule has 2 aliphatic rings. The van der Waals surface area contributed by atoms with Crippen LogP contribution in [0, 0.1) is 17.8 Å². The molecular weight excluding hydrogens is 380 g/mol. The number of carbonyl (C=O) groups excluding carboxylic acids is 2. The van der Waals surface area contributed by atoms with Crippen LogP contribution in [0.3, 0.4) is 0 Å². The van der Waals surface area contributed by atoms with Gasteiger partial charge in [-0.1, -0.05) is 13.8 Å². The molecule has 1 saturated carbocycles. The highest BCUT2D eigenvalue weighted by Gasteiger charge is 2.39. The first-order chi connectivity index (χ1) is 13.9. The van der Waals surface area contributed by atoms with Crippen molar-refractivity contribution in [1.29, 1.82) is 0 Å². The Bertz CT molecular complexity index is 657. The molecule has 5 N–H and O–H groups in total. The molecule has 0 heterocycles. The Morgan fingerprint density at radius 1 is 1.23 bits per heavy atom. The van der Waals surface area contributed by atoms with Crippen LogP contribution < -0.4 is 16.9 Å². The van der Waals surface area contributed by atoms with Gasteiger partial charge in [0.05, 0.1) is 30.2 Å². The van der Waals surface area contributed by atoms with Crippen molar-refractivity contribution >= 4 is 12.2 Å². The molecule has 1 amide bonds. The van der Waals surface area contributed by atoms with E-state index in [4.69, 9.17) is 16.3 Å². The molecule has 0 radical (unpaired) electrons. The Labute approximate surface area is 181 Å². The topological polar surface area (TPSA) is 111 Å². The molecule has 0 bridgehead atoms. The number of hydrogen-bond donors (Lipinski definition) is 3. The van der Waals surface area contributed by atoms with Gasteiger partial charge >= 0.3 is 0 Å². The highest BCUT2D eigenvalue weighted by Crippen LogP contribution is 2.48. The molecular formula is C23H42N4O3. The third-order valence-corrected chi connectivity index (χ3v) is 6.51. The van der Waals surface area contributed by atoms with Crippen molar-refractivity contribution in [2.75, 3.05) is 6.61 Å². The number of carbonyl (C=O) groups is 2. The van der Waals surface area contributed by atoms with Crippen LogP contribution in [0.1, 0.15) is 80.1 Å². The van der Waals surface area contributed by atoms with Crippen molar-refractivity contribution in [3.63, 3.8) is 0 Å². The second kappa shape index (κ2) is 9.69. The number of hydrazine groups is 1. The first kappa shape index (κ1) is 24.7. The van der Waals surface area contributed by atoms with Gasteiger partial charge in [0.1, 0.15) is 6.29 Å². The van der Waals surface area contributed by atoms with E-state index in [0.29, 0.717) is 6.61 Å². The number of nitrogens with zero attached hydrogens (tertiary/aromatic N) is 1. The van der Waals surface area contributed by atoms with E-state index in [1.54, 1.807) is 5.01 Å². The number of nitrogens with two attached hydrogens (primary N) is 2. The minimum absolute atomic E-state index is 0.0497. The van der Waals surface area contributed by atoms with Gasteiger partial charge in [-0.25, -0.2) is 5.84 Å². The van der Waals surface area contributed by atoms with Crippen molar-refractivity contribution in [1.82, 2.24) is 10.3 Å². The molecule has 7 heteroatoms. The number of aldehydes is 1. The zero-order valence-corrected chi connectivity index (χ0v) is 19.7. The van der Waals surface area contributed by atoms with Crippen LogP contribution in [-0.2, 0) is 14.3 Å². The first-order valence-electron chi connectivity index (χ1n) is 11.3. The van der Waals surface area contributed by atoms with Crippen LogP contribution >= 0.6 is 0 Å². The standard InChI is InChI=1S/C23H42N4O3/c1-15(2)19(13-28)26-21(29)12-23(5,6)30-14-22(3,4)27(25)20-10-8-17-11-16(17)7-9-18(20)24/h13,15-17,19H,7-12,14,24-25H2,1-6H3,(H,26,29)/b20-18-. The number of hydrogen-bond acceptors (Lipinski definition) is 6. The van der Waals surface area contributed by atoms with E-state index in [0.717, 1.165) is 55.2 Å². The van der Waals surface area contributed by atoms with Crippen LogP contribution in [-0.4, -0.2) is 41.0 Å². The Morgan fingerprint density at radius 3 is 2.40 bits per heavy atom. The van der Waals surface area contributed by atoms with E-state index < -0.39 is 17.2 Å². The minimum Gasteiger partial charge on any atom is -0.401 e. The van der Waals surface area contributed by atoms with E-state index in [-0.39, 0.29) is 18.2 Å². The fourth-order valence-electron chi connectivity index (χ4n) is 4.10. The summed E-state index contributed by atoms with van der Waals surface area (Å²) in [5.74, 6) is 8.08. The van der Waals surface area contributed by atoms with Gasteiger partial charge in [-0.15, -0.1) is 0 Å². The summed E-state index contributed by atoms with van der Waals surface area (Å²) < 4.78 is 6.14. The zero-order valence-electron chi connectivity index (χ0n) is 19.7. The summed E-state index contributed by atoms with van der Waals surface area (Å²) in [6, 6.07) is -0.482. The van der Waals surface area contributed by atoms with Gasteiger partial charge in [-0.3, -0.25) is 4.79 Å². The van der Waals surface area contributed by atoms with Gasteiger partial charge in [0.25, 0.3) is 0 Å². The lowest BCUT2D eigenvalue weighted by molar-refractivity contribution is -0.132. The Balaban J connectivity index is 1.93. The van der Waals surface area contributed by atoms with Gasteiger partial charge in [0.15, 0.2) is 0 Å². The summed E-state index contributed by atoms with van der Waals surface area (Å²) in [5.41, 5.74) is 7.15. The van der Waals surface area contributed by atoms with Gasteiger partial charge in [-0.05, 0) is 77.6 Å². The SMILES string of the molecule is CC(C)C(C=O)NC(=O)CC(C)(C)OCC(C)(C)N(N)/C1=C(\N)CCC2CC2CC1. The van der Waals surface area contributed by atoms with Crippen LogP contribution in [0.4, 0.5) is 0 Å². The highest BCUT2D eigenvalue weighted by molar-refractivity contribution is 5.80. The van der Waals surface area contributed by atoms with E-state index in [9.17, 15) is 9.59 Å². The summed E-state index contributed by atoms with van der Waals surface area (Å²) in [6.07, 6.45) is 6.38. The Morgan fingerprint density at radius 2 is 1.83 bits per heavy atom. The summed E-state index contributed by atoms with van der Waals surface area (Å²) in [5, 5.41) is 4.55. The third kappa shape index (κ3) is 6.71. The maximum absolute atomic E-state index is 12.4. The van der Waals surface area contributed by atoms with E-state index >= 15 is 0 Å². The van der Waals surface area contributed by atoms with Crippen molar-refractivity contribution in [3.05, 3.63) is 11.4 Å². The molecule has 0 aromatic carbocycles. The summed E-state index contributed by atoms with van der Waals surface area (Å²) in [4.78, 5) is 23.5. The lowest BCUT2D eigenvalue weighted by atomic mass is 9.97. The monoisotopic (exact) mass is 422 g/mol. The van der Waals surface area contributed by atoms with Crippen LogP contribution in [0.2, 0.25) is 0 Å².